The zero-order chi connectivity index (χ0) is 24.5. The van der Waals surface area contributed by atoms with Gasteiger partial charge in [0, 0.05) is 19.0 Å². The van der Waals surface area contributed by atoms with E-state index in [4.69, 9.17) is 14.2 Å². The van der Waals surface area contributed by atoms with E-state index < -0.39 is 33.8 Å². The van der Waals surface area contributed by atoms with E-state index in [0.717, 1.165) is 12.1 Å². The molecule has 2 aliphatic rings. The third-order valence-corrected chi connectivity index (χ3v) is 7.97. The molecule has 0 radical (unpaired) electrons. The minimum absolute atomic E-state index is 0.00151. The molecular weight excluding hydrogens is 467 g/mol. The van der Waals surface area contributed by atoms with Gasteiger partial charge in [-0.25, -0.2) is 17.6 Å². The van der Waals surface area contributed by atoms with Crippen LogP contribution in [0.4, 0.5) is 10.1 Å². The van der Waals surface area contributed by atoms with E-state index in [1.54, 1.807) is 24.3 Å². The van der Waals surface area contributed by atoms with E-state index in [-0.39, 0.29) is 49.0 Å². The number of esters is 1. The van der Waals surface area contributed by atoms with E-state index in [1.807, 2.05) is 0 Å². The van der Waals surface area contributed by atoms with Gasteiger partial charge in [0.05, 0.1) is 26.5 Å². The van der Waals surface area contributed by atoms with Gasteiger partial charge in [0.15, 0.2) is 0 Å². The Bertz CT molecular complexity index is 1200. The molecule has 1 amide bonds. The van der Waals surface area contributed by atoms with Crippen molar-refractivity contribution in [3.05, 3.63) is 48.3 Å². The molecular formula is C23H25FN2O7S. The van der Waals surface area contributed by atoms with Crippen molar-refractivity contribution in [2.45, 2.75) is 23.8 Å². The Labute approximate surface area is 197 Å². The first-order chi connectivity index (χ1) is 16.3. The topological polar surface area (TPSA) is 102 Å². The molecule has 0 N–H and O–H groups in total. The van der Waals surface area contributed by atoms with Gasteiger partial charge in [-0.1, -0.05) is 12.1 Å². The fraction of sp³-hybridized carbons (Fsp3) is 0.391. The maximum absolute atomic E-state index is 13.8. The van der Waals surface area contributed by atoms with Crippen LogP contribution < -0.4 is 14.4 Å². The van der Waals surface area contributed by atoms with Crippen molar-refractivity contribution in [2.24, 2.45) is 5.92 Å². The monoisotopic (exact) mass is 492 g/mol. The number of nitrogens with zero attached hydrogens (tertiary/aromatic N) is 2. The minimum Gasteiger partial charge on any atom is -0.495 e. The number of hydrogen-bond donors (Lipinski definition) is 0. The van der Waals surface area contributed by atoms with Crippen molar-refractivity contribution in [1.82, 2.24) is 4.31 Å². The van der Waals surface area contributed by atoms with Gasteiger partial charge in [0.1, 0.15) is 22.2 Å². The maximum Gasteiger partial charge on any atom is 0.348 e. The summed E-state index contributed by atoms with van der Waals surface area (Å²) >= 11 is 0. The molecule has 0 bridgehead atoms. The smallest absolute Gasteiger partial charge is 0.348 e. The molecule has 2 aromatic rings. The third-order valence-electron chi connectivity index (χ3n) is 6.05. The number of piperidine rings is 1. The van der Waals surface area contributed by atoms with Gasteiger partial charge in [-0.05, 0) is 43.2 Å². The zero-order valence-corrected chi connectivity index (χ0v) is 19.6. The first-order valence-corrected chi connectivity index (χ1v) is 12.2. The molecule has 0 saturated carbocycles. The van der Waals surface area contributed by atoms with Crippen LogP contribution in [0.1, 0.15) is 12.8 Å². The number of benzene rings is 2. The molecule has 2 aromatic carbocycles. The summed E-state index contributed by atoms with van der Waals surface area (Å²) in [5.41, 5.74) is 0.548. The number of rotatable bonds is 5. The van der Waals surface area contributed by atoms with Gasteiger partial charge in [-0.2, -0.15) is 4.31 Å². The molecule has 34 heavy (non-hydrogen) atoms. The van der Waals surface area contributed by atoms with Crippen molar-refractivity contribution in [1.29, 1.82) is 0 Å². The fourth-order valence-corrected chi connectivity index (χ4v) is 5.89. The molecule has 4 rings (SSSR count). The Morgan fingerprint density at radius 2 is 1.79 bits per heavy atom. The van der Waals surface area contributed by atoms with Crippen LogP contribution in [0.15, 0.2) is 47.4 Å². The Morgan fingerprint density at radius 1 is 1.09 bits per heavy atom. The Balaban J connectivity index is 1.51. The van der Waals surface area contributed by atoms with Crippen molar-refractivity contribution in [3.8, 4) is 11.5 Å². The molecule has 0 aliphatic carbocycles. The number of carbonyl (C=O) groups is 2. The average Bonchev–Trinajstić information content (AvgIpc) is 2.87. The highest BCUT2D eigenvalue weighted by atomic mass is 32.2. The fourth-order valence-electron chi connectivity index (χ4n) is 4.25. The summed E-state index contributed by atoms with van der Waals surface area (Å²) in [6.07, 6.45) is -0.402. The molecule has 2 aliphatic heterocycles. The predicted molar refractivity (Wildman–Crippen MR) is 120 cm³/mol. The standard InChI is InChI=1S/C23H25FN2O7S/c1-31-19-8-7-16(24)13-21(19)34(29,30)25-11-9-15(10-12-25)22(27)26-14-20(23(28)32-2)33-18-6-4-3-5-17(18)26/h3-8,13,15,20H,9-12,14H2,1-2H3/t20-/m1/s1. The van der Waals surface area contributed by atoms with Crippen LogP contribution in [-0.4, -0.2) is 64.6 Å². The molecule has 11 heteroatoms. The van der Waals surface area contributed by atoms with Gasteiger partial charge in [0.2, 0.25) is 22.0 Å². The molecule has 1 saturated heterocycles. The number of para-hydroxylation sites is 2. The summed E-state index contributed by atoms with van der Waals surface area (Å²) in [5.74, 6) is -1.49. The molecule has 0 spiro atoms. The van der Waals surface area contributed by atoms with E-state index in [2.05, 4.69) is 0 Å². The summed E-state index contributed by atoms with van der Waals surface area (Å²) in [4.78, 5) is 26.8. The molecule has 1 atom stereocenters. The van der Waals surface area contributed by atoms with Crippen LogP contribution in [0, 0.1) is 11.7 Å². The number of amides is 1. The lowest BCUT2D eigenvalue weighted by Gasteiger charge is -2.37. The first kappa shape index (κ1) is 24.0. The molecule has 0 aromatic heterocycles. The van der Waals surface area contributed by atoms with Gasteiger partial charge >= 0.3 is 5.97 Å². The highest BCUT2D eigenvalue weighted by Crippen LogP contribution is 2.36. The molecule has 2 heterocycles. The lowest BCUT2D eigenvalue weighted by molar-refractivity contribution is -0.148. The van der Waals surface area contributed by atoms with Crippen LogP contribution in [0.3, 0.4) is 0 Å². The highest BCUT2D eigenvalue weighted by Gasteiger charge is 2.39. The summed E-state index contributed by atoms with van der Waals surface area (Å²) in [5, 5.41) is 0. The Hall–Kier alpha value is -3.18. The number of ether oxygens (including phenoxy) is 3. The molecule has 1 fully saturated rings. The minimum atomic E-state index is -4.01. The number of anilines is 1. The first-order valence-electron chi connectivity index (χ1n) is 10.7. The van der Waals surface area contributed by atoms with Gasteiger partial charge < -0.3 is 19.1 Å². The lowest BCUT2D eigenvalue weighted by atomic mass is 9.95. The Morgan fingerprint density at radius 3 is 2.47 bits per heavy atom. The van der Waals surface area contributed by atoms with Crippen molar-refractivity contribution >= 4 is 27.6 Å². The molecule has 0 unspecified atom stereocenters. The van der Waals surface area contributed by atoms with E-state index in [1.165, 1.54) is 29.5 Å². The van der Waals surface area contributed by atoms with E-state index in [9.17, 15) is 22.4 Å². The van der Waals surface area contributed by atoms with Gasteiger partial charge in [0.25, 0.3) is 0 Å². The summed E-state index contributed by atoms with van der Waals surface area (Å²) in [6, 6.07) is 10.2. The van der Waals surface area contributed by atoms with Crippen LogP contribution in [-0.2, 0) is 24.3 Å². The average molecular weight is 493 g/mol. The van der Waals surface area contributed by atoms with Crippen molar-refractivity contribution in [2.75, 3.05) is 38.8 Å². The Kier molecular flexibility index (Phi) is 6.76. The maximum atomic E-state index is 13.8. The second-order valence-electron chi connectivity index (χ2n) is 8.02. The summed E-state index contributed by atoms with van der Waals surface area (Å²) in [7, 11) is -1.44. The zero-order valence-electron chi connectivity index (χ0n) is 18.8. The largest absolute Gasteiger partial charge is 0.495 e. The SMILES string of the molecule is COC(=O)[C@H]1CN(C(=O)C2CCN(S(=O)(=O)c3cc(F)ccc3OC)CC2)c2ccccc2O1. The van der Waals surface area contributed by atoms with Crippen molar-refractivity contribution < 1.29 is 36.6 Å². The number of methoxy groups -OCH3 is 2. The number of fused-ring (bicyclic) bond motifs is 1. The molecule has 182 valence electrons. The highest BCUT2D eigenvalue weighted by molar-refractivity contribution is 7.89. The van der Waals surface area contributed by atoms with Crippen molar-refractivity contribution in [3.63, 3.8) is 0 Å². The van der Waals surface area contributed by atoms with E-state index in [0.29, 0.717) is 11.4 Å². The van der Waals surface area contributed by atoms with Crippen LogP contribution in [0.2, 0.25) is 0 Å². The van der Waals surface area contributed by atoms with Crippen LogP contribution in [0.25, 0.3) is 0 Å². The number of carbonyl (C=O) groups excluding carboxylic acids is 2. The summed E-state index contributed by atoms with van der Waals surface area (Å²) in [6.45, 7) is 0.178. The quantitative estimate of drug-likeness (QED) is 0.590. The number of hydrogen-bond acceptors (Lipinski definition) is 7. The second kappa shape index (κ2) is 9.59. The van der Waals surface area contributed by atoms with Crippen LogP contribution >= 0.6 is 0 Å². The second-order valence-corrected chi connectivity index (χ2v) is 9.93. The van der Waals surface area contributed by atoms with Crippen LogP contribution in [0.5, 0.6) is 11.5 Å². The summed E-state index contributed by atoms with van der Waals surface area (Å²) < 4.78 is 56.8. The number of halogens is 1. The number of sulfonamides is 1. The third kappa shape index (κ3) is 4.45. The van der Waals surface area contributed by atoms with Gasteiger partial charge in [-0.3, -0.25) is 4.79 Å². The lowest BCUT2D eigenvalue weighted by Crippen LogP contribution is -2.51. The molecule has 9 nitrogen and oxygen atoms in total. The van der Waals surface area contributed by atoms with E-state index >= 15 is 0 Å². The van der Waals surface area contributed by atoms with Gasteiger partial charge in [-0.15, -0.1) is 0 Å². The predicted octanol–water partition coefficient (Wildman–Crippen LogP) is 2.20. The normalized spacial score (nSPS) is 19.1.